The van der Waals surface area contributed by atoms with Gasteiger partial charge in [0.2, 0.25) is 17.7 Å². The summed E-state index contributed by atoms with van der Waals surface area (Å²) < 4.78 is 5.69. The SMILES string of the molecule is CC(C)C(=O)Nc1ccc(SCc2nnc(-c3ccccc3)o2)cc1. The van der Waals surface area contributed by atoms with E-state index in [0.29, 0.717) is 17.5 Å². The lowest BCUT2D eigenvalue weighted by Crippen LogP contribution is -2.17. The Morgan fingerprint density at radius 3 is 2.48 bits per heavy atom. The summed E-state index contributed by atoms with van der Waals surface area (Å²) in [4.78, 5) is 12.8. The number of amides is 1. The molecule has 1 N–H and O–H groups in total. The lowest BCUT2D eigenvalue weighted by atomic mass is 10.2. The molecule has 3 rings (SSSR count). The van der Waals surface area contributed by atoms with E-state index in [1.807, 2.05) is 68.4 Å². The van der Waals surface area contributed by atoms with Crippen molar-refractivity contribution in [1.29, 1.82) is 0 Å². The van der Waals surface area contributed by atoms with Crippen LogP contribution in [0, 0.1) is 5.92 Å². The molecule has 0 spiro atoms. The number of anilines is 1. The fraction of sp³-hybridized carbons (Fsp3) is 0.211. The zero-order valence-electron chi connectivity index (χ0n) is 14.1. The van der Waals surface area contributed by atoms with Gasteiger partial charge in [0.1, 0.15) is 0 Å². The Morgan fingerprint density at radius 2 is 1.80 bits per heavy atom. The third kappa shape index (κ3) is 4.70. The third-order valence-electron chi connectivity index (χ3n) is 3.50. The fourth-order valence-corrected chi connectivity index (χ4v) is 2.81. The Morgan fingerprint density at radius 1 is 1.08 bits per heavy atom. The molecule has 1 heterocycles. The summed E-state index contributed by atoms with van der Waals surface area (Å²) in [5.41, 5.74) is 1.71. The topological polar surface area (TPSA) is 68.0 Å². The van der Waals surface area contributed by atoms with Crippen LogP contribution in [0.4, 0.5) is 5.69 Å². The molecule has 25 heavy (non-hydrogen) atoms. The summed E-state index contributed by atoms with van der Waals surface area (Å²) in [5, 5.41) is 11.0. The minimum absolute atomic E-state index is 0.0136. The predicted molar refractivity (Wildman–Crippen MR) is 99.2 cm³/mol. The number of nitrogens with zero attached hydrogens (tertiary/aromatic N) is 2. The summed E-state index contributed by atoms with van der Waals surface area (Å²) in [6.07, 6.45) is 0. The van der Waals surface area contributed by atoms with Gasteiger partial charge in [-0.05, 0) is 36.4 Å². The zero-order valence-corrected chi connectivity index (χ0v) is 14.9. The molecule has 0 saturated carbocycles. The maximum Gasteiger partial charge on any atom is 0.247 e. The van der Waals surface area contributed by atoms with Crippen LogP contribution in [0.5, 0.6) is 0 Å². The van der Waals surface area contributed by atoms with Crippen molar-refractivity contribution >= 4 is 23.4 Å². The first-order valence-electron chi connectivity index (χ1n) is 8.03. The average Bonchev–Trinajstić information content (AvgIpc) is 3.11. The van der Waals surface area contributed by atoms with Gasteiger partial charge in [0.15, 0.2) is 0 Å². The molecule has 2 aromatic carbocycles. The van der Waals surface area contributed by atoms with E-state index < -0.39 is 0 Å². The summed E-state index contributed by atoms with van der Waals surface area (Å²) >= 11 is 1.61. The lowest BCUT2D eigenvalue weighted by Gasteiger charge is -2.08. The van der Waals surface area contributed by atoms with E-state index in [-0.39, 0.29) is 11.8 Å². The first-order chi connectivity index (χ1) is 12.1. The summed E-state index contributed by atoms with van der Waals surface area (Å²) in [6.45, 7) is 3.74. The van der Waals surface area contributed by atoms with Gasteiger partial charge in [0, 0.05) is 22.1 Å². The minimum Gasteiger partial charge on any atom is -0.420 e. The number of thioether (sulfide) groups is 1. The van der Waals surface area contributed by atoms with Gasteiger partial charge in [-0.3, -0.25) is 4.79 Å². The molecular weight excluding hydrogens is 334 g/mol. The van der Waals surface area contributed by atoms with Gasteiger partial charge in [-0.1, -0.05) is 32.0 Å². The summed E-state index contributed by atoms with van der Waals surface area (Å²) in [6, 6.07) is 17.4. The van der Waals surface area contributed by atoms with Crippen molar-refractivity contribution in [3.05, 3.63) is 60.5 Å². The Hall–Kier alpha value is -2.60. The van der Waals surface area contributed by atoms with E-state index in [0.717, 1.165) is 16.1 Å². The van der Waals surface area contributed by atoms with Crippen LogP contribution in [0.1, 0.15) is 19.7 Å². The standard InChI is InChI=1S/C19H19N3O2S/c1-13(2)18(23)20-15-8-10-16(11-9-15)25-12-17-21-22-19(24-17)14-6-4-3-5-7-14/h3-11,13H,12H2,1-2H3,(H,20,23). The van der Waals surface area contributed by atoms with Crippen LogP contribution in [-0.4, -0.2) is 16.1 Å². The van der Waals surface area contributed by atoms with Crippen LogP contribution in [0.15, 0.2) is 63.9 Å². The normalized spacial score (nSPS) is 10.8. The van der Waals surface area contributed by atoms with Crippen molar-refractivity contribution in [1.82, 2.24) is 10.2 Å². The predicted octanol–water partition coefficient (Wildman–Crippen LogP) is 4.62. The molecule has 0 aliphatic heterocycles. The van der Waals surface area contributed by atoms with Crippen LogP contribution in [0.2, 0.25) is 0 Å². The van der Waals surface area contributed by atoms with Crippen molar-refractivity contribution in [2.45, 2.75) is 24.5 Å². The molecule has 0 aliphatic carbocycles. The second-order valence-corrected chi connectivity index (χ2v) is 6.87. The van der Waals surface area contributed by atoms with Crippen LogP contribution in [0.3, 0.4) is 0 Å². The highest BCUT2D eigenvalue weighted by Crippen LogP contribution is 2.25. The second-order valence-electron chi connectivity index (χ2n) is 5.82. The van der Waals surface area contributed by atoms with Crippen molar-refractivity contribution in [2.75, 3.05) is 5.32 Å². The van der Waals surface area contributed by atoms with Gasteiger partial charge >= 0.3 is 0 Å². The molecule has 0 bridgehead atoms. The van der Waals surface area contributed by atoms with E-state index in [9.17, 15) is 4.79 Å². The number of hydrogen-bond donors (Lipinski definition) is 1. The van der Waals surface area contributed by atoms with Crippen molar-refractivity contribution in [3.63, 3.8) is 0 Å². The molecule has 0 fully saturated rings. The molecule has 128 valence electrons. The number of benzene rings is 2. The number of aromatic nitrogens is 2. The van der Waals surface area contributed by atoms with Crippen molar-refractivity contribution in [3.8, 4) is 11.5 Å². The highest BCUT2D eigenvalue weighted by atomic mass is 32.2. The molecule has 1 aromatic heterocycles. The van der Waals surface area contributed by atoms with Gasteiger partial charge in [0.25, 0.3) is 0 Å². The van der Waals surface area contributed by atoms with Crippen LogP contribution >= 0.6 is 11.8 Å². The Labute approximate surface area is 150 Å². The molecule has 1 amide bonds. The first-order valence-corrected chi connectivity index (χ1v) is 9.02. The van der Waals surface area contributed by atoms with Gasteiger partial charge in [0.05, 0.1) is 5.75 Å². The number of carbonyl (C=O) groups excluding carboxylic acids is 1. The van der Waals surface area contributed by atoms with E-state index in [1.54, 1.807) is 11.8 Å². The fourth-order valence-electron chi connectivity index (χ4n) is 2.08. The van der Waals surface area contributed by atoms with Gasteiger partial charge in [-0.25, -0.2) is 0 Å². The van der Waals surface area contributed by atoms with Gasteiger partial charge < -0.3 is 9.73 Å². The molecule has 5 nitrogen and oxygen atoms in total. The van der Waals surface area contributed by atoms with Crippen molar-refractivity contribution < 1.29 is 9.21 Å². The Balaban J connectivity index is 1.57. The second kappa shape index (κ2) is 7.98. The Bertz CT molecular complexity index is 829. The smallest absolute Gasteiger partial charge is 0.247 e. The highest BCUT2D eigenvalue weighted by molar-refractivity contribution is 7.98. The number of hydrogen-bond acceptors (Lipinski definition) is 5. The Kier molecular flexibility index (Phi) is 5.50. The third-order valence-corrected chi connectivity index (χ3v) is 4.49. The van der Waals surface area contributed by atoms with E-state index in [2.05, 4.69) is 15.5 Å². The monoisotopic (exact) mass is 353 g/mol. The maximum atomic E-state index is 11.7. The molecule has 3 aromatic rings. The van der Waals surface area contributed by atoms with Gasteiger partial charge in [-0.2, -0.15) is 0 Å². The maximum absolute atomic E-state index is 11.7. The van der Waals surface area contributed by atoms with E-state index >= 15 is 0 Å². The lowest BCUT2D eigenvalue weighted by molar-refractivity contribution is -0.118. The molecule has 0 radical (unpaired) electrons. The largest absolute Gasteiger partial charge is 0.420 e. The molecule has 0 saturated heterocycles. The first kappa shape index (κ1) is 17.2. The van der Waals surface area contributed by atoms with Crippen LogP contribution in [-0.2, 0) is 10.5 Å². The molecule has 0 unspecified atom stereocenters. The number of nitrogens with one attached hydrogen (secondary N) is 1. The van der Waals surface area contributed by atoms with Crippen molar-refractivity contribution in [2.24, 2.45) is 5.92 Å². The zero-order chi connectivity index (χ0) is 17.6. The van der Waals surface area contributed by atoms with Crippen LogP contribution in [0.25, 0.3) is 11.5 Å². The van der Waals surface area contributed by atoms with E-state index in [1.165, 1.54) is 0 Å². The quantitative estimate of drug-likeness (QED) is 0.655. The number of rotatable bonds is 6. The molecule has 6 heteroatoms. The minimum atomic E-state index is -0.0367. The summed E-state index contributed by atoms with van der Waals surface area (Å²) in [5.74, 6) is 1.69. The molecular formula is C19H19N3O2S. The molecule has 0 atom stereocenters. The average molecular weight is 353 g/mol. The highest BCUT2D eigenvalue weighted by Gasteiger charge is 2.09. The van der Waals surface area contributed by atoms with E-state index in [4.69, 9.17) is 4.42 Å². The van der Waals surface area contributed by atoms with Crippen LogP contribution < -0.4 is 5.32 Å². The number of carbonyl (C=O) groups is 1. The summed E-state index contributed by atoms with van der Waals surface area (Å²) in [7, 11) is 0. The molecule has 0 aliphatic rings. The van der Waals surface area contributed by atoms with Gasteiger partial charge in [-0.15, -0.1) is 22.0 Å².